The SMILES string of the molecule is C[C@@H]1C[C@@H](O)n2c(nc3c(ncn3C(c3ccccc3)(c3ccccc3)c3ccccc3)c2=O)N1. The van der Waals surface area contributed by atoms with E-state index in [9.17, 15) is 9.90 Å². The Morgan fingerprint density at radius 3 is 1.91 bits per heavy atom. The molecular formula is C28H25N5O2. The molecule has 35 heavy (non-hydrogen) atoms. The second-order valence-electron chi connectivity index (χ2n) is 8.97. The van der Waals surface area contributed by atoms with E-state index in [4.69, 9.17) is 4.98 Å². The van der Waals surface area contributed by atoms with Gasteiger partial charge in [-0.05, 0) is 23.6 Å². The molecule has 0 bridgehead atoms. The average molecular weight is 464 g/mol. The number of fused-ring (bicyclic) bond motifs is 2. The van der Waals surface area contributed by atoms with Crippen molar-refractivity contribution in [1.82, 2.24) is 19.1 Å². The van der Waals surface area contributed by atoms with Crippen molar-refractivity contribution in [2.45, 2.75) is 31.2 Å². The number of nitrogens with one attached hydrogen (secondary N) is 1. The van der Waals surface area contributed by atoms with Crippen LogP contribution in [0.15, 0.2) is 102 Å². The molecule has 2 aromatic heterocycles. The molecule has 1 aliphatic rings. The fourth-order valence-electron chi connectivity index (χ4n) is 5.24. The van der Waals surface area contributed by atoms with Gasteiger partial charge in [-0.15, -0.1) is 0 Å². The number of hydrogen-bond acceptors (Lipinski definition) is 5. The van der Waals surface area contributed by atoms with E-state index < -0.39 is 11.8 Å². The van der Waals surface area contributed by atoms with Gasteiger partial charge < -0.3 is 10.4 Å². The van der Waals surface area contributed by atoms with Crippen LogP contribution in [0, 0.1) is 0 Å². The molecular weight excluding hydrogens is 438 g/mol. The minimum atomic E-state index is -0.946. The highest BCUT2D eigenvalue weighted by atomic mass is 16.3. The third-order valence-corrected chi connectivity index (χ3v) is 6.78. The number of anilines is 1. The van der Waals surface area contributed by atoms with Crippen molar-refractivity contribution in [2.24, 2.45) is 0 Å². The van der Waals surface area contributed by atoms with Crippen LogP contribution in [0.5, 0.6) is 0 Å². The van der Waals surface area contributed by atoms with Gasteiger partial charge in [-0.2, -0.15) is 4.98 Å². The van der Waals surface area contributed by atoms with Crippen molar-refractivity contribution in [3.63, 3.8) is 0 Å². The summed E-state index contributed by atoms with van der Waals surface area (Å²) in [5, 5.41) is 13.9. The van der Waals surface area contributed by atoms with Gasteiger partial charge in [-0.1, -0.05) is 91.0 Å². The summed E-state index contributed by atoms with van der Waals surface area (Å²) in [6.45, 7) is 1.96. The Morgan fingerprint density at radius 2 is 1.40 bits per heavy atom. The Labute approximate surface area is 202 Å². The number of aliphatic hydroxyl groups is 1. The summed E-state index contributed by atoms with van der Waals surface area (Å²) < 4.78 is 3.28. The molecule has 174 valence electrons. The standard InChI is InChI=1S/C28H25N5O2/c1-19-17-23(34)33-26(35)24-25(31-27(33)30-19)32(18-29-24)28(20-11-5-2-6-12-20,21-13-7-3-8-14-21)22-15-9-4-10-16-22/h2-16,18-19,23,34H,17H2,1H3,(H,30,31)/t19-,23-/m1/s1. The van der Waals surface area contributed by atoms with E-state index in [1.165, 1.54) is 4.57 Å². The summed E-state index contributed by atoms with van der Waals surface area (Å²) in [6.07, 6.45) is 1.16. The minimum absolute atomic E-state index is 0.0205. The molecule has 7 nitrogen and oxygen atoms in total. The molecule has 0 aliphatic carbocycles. The van der Waals surface area contributed by atoms with E-state index in [0.29, 0.717) is 18.0 Å². The van der Waals surface area contributed by atoms with Crippen LogP contribution in [0.3, 0.4) is 0 Å². The maximum Gasteiger partial charge on any atom is 0.285 e. The number of aromatic nitrogens is 4. The molecule has 2 N–H and O–H groups in total. The molecule has 5 aromatic rings. The normalized spacial score (nSPS) is 17.7. The summed E-state index contributed by atoms with van der Waals surface area (Å²) in [7, 11) is 0. The first-order valence-corrected chi connectivity index (χ1v) is 11.7. The van der Waals surface area contributed by atoms with Gasteiger partial charge in [0, 0.05) is 12.5 Å². The molecule has 1 aliphatic heterocycles. The second kappa shape index (κ2) is 8.21. The molecule has 6 rings (SSSR count). The van der Waals surface area contributed by atoms with Crippen molar-refractivity contribution < 1.29 is 5.11 Å². The van der Waals surface area contributed by atoms with Crippen molar-refractivity contribution in [3.05, 3.63) is 124 Å². The second-order valence-corrected chi connectivity index (χ2v) is 8.97. The van der Waals surface area contributed by atoms with Crippen molar-refractivity contribution in [3.8, 4) is 0 Å². The van der Waals surface area contributed by atoms with Gasteiger partial charge in [-0.3, -0.25) is 9.36 Å². The van der Waals surface area contributed by atoms with Crippen LogP contribution >= 0.6 is 0 Å². The molecule has 0 saturated heterocycles. The van der Waals surface area contributed by atoms with Crippen LogP contribution in [-0.4, -0.2) is 30.3 Å². The van der Waals surface area contributed by atoms with E-state index in [0.717, 1.165) is 16.7 Å². The third kappa shape index (κ3) is 3.19. The lowest BCUT2D eigenvalue weighted by Crippen LogP contribution is -2.40. The Bertz CT molecular complexity index is 1450. The van der Waals surface area contributed by atoms with Crippen LogP contribution in [0.4, 0.5) is 5.95 Å². The van der Waals surface area contributed by atoms with Gasteiger partial charge in [-0.25, -0.2) is 9.55 Å². The molecule has 0 saturated carbocycles. The number of benzene rings is 3. The van der Waals surface area contributed by atoms with E-state index in [1.54, 1.807) is 6.33 Å². The average Bonchev–Trinajstić information content (AvgIpc) is 3.31. The number of hydrogen-bond donors (Lipinski definition) is 2. The van der Waals surface area contributed by atoms with E-state index in [-0.39, 0.29) is 17.1 Å². The van der Waals surface area contributed by atoms with E-state index >= 15 is 0 Å². The molecule has 0 radical (unpaired) electrons. The zero-order valence-electron chi connectivity index (χ0n) is 19.2. The topological polar surface area (TPSA) is 85.0 Å². The smallest absolute Gasteiger partial charge is 0.285 e. The Kier molecular flexibility index (Phi) is 5.00. The predicted octanol–water partition coefficient (Wildman–Crippen LogP) is 4.13. The third-order valence-electron chi connectivity index (χ3n) is 6.78. The lowest BCUT2D eigenvalue weighted by Gasteiger charge is -2.37. The quantitative estimate of drug-likeness (QED) is 0.392. The number of rotatable bonds is 4. The molecule has 0 fully saturated rings. The van der Waals surface area contributed by atoms with Gasteiger partial charge in [0.25, 0.3) is 5.56 Å². The molecule has 3 heterocycles. The zero-order chi connectivity index (χ0) is 24.0. The van der Waals surface area contributed by atoms with E-state index in [1.807, 2.05) is 66.1 Å². The fourth-order valence-corrected chi connectivity index (χ4v) is 5.24. The summed E-state index contributed by atoms with van der Waals surface area (Å²) in [6, 6.07) is 30.5. The van der Waals surface area contributed by atoms with Crippen molar-refractivity contribution >= 4 is 17.1 Å². The van der Waals surface area contributed by atoms with Crippen LogP contribution in [0.1, 0.15) is 36.3 Å². The van der Waals surface area contributed by atoms with Gasteiger partial charge >= 0.3 is 0 Å². The maximum absolute atomic E-state index is 13.5. The maximum atomic E-state index is 13.5. The Morgan fingerprint density at radius 1 is 0.886 bits per heavy atom. The first kappa shape index (κ1) is 21.3. The Balaban J connectivity index is 1.76. The fraction of sp³-hybridized carbons (Fsp3) is 0.179. The number of imidazole rings is 1. The van der Waals surface area contributed by atoms with Crippen LogP contribution in [0.2, 0.25) is 0 Å². The largest absolute Gasteiger partial charge is 0.373 e. The lowest BCUT2D eigenvalue weighted by atomic mass is 9.76. The van der Waals surface area contributed by atoms with Crippen LogP contribution in [0.25, 0.3) is 11.2 Å². The van der Waals surface area contributed by atoms with Gasteiger partial charge in [0.05, 0.1) is 6.33 Å². The first-order valence-electron chi connectivity index (χ1n) is 11.7. The monoisotopic (exact) mass is 463 g/mol. The molecule has 7 heteroatoms. The molecule has 0 amide bonds. The van der Waals surface area contributed by atoms with Gasteiger partial charge in [0.1, 0.15) is 11.8 Å². The van der Waals surface area contributed by atoms with Gasteiger partial charge in [0.15, 0.2) is 11.2 Å². The van der Waals surface area contributed by atoms with Crippen LogP contribution < -0.4 is 10.9 Å². The minimum Gasteiger partial charge on any atom is -0.373 e. The summed E-state index contributed by atoms with van der Waals surface area (Å²) in [4.78, 5) is 22.9. The number of aliphatic hydroxyl groups excluding tert-OH is 1. The molecule has 2 atom stereocenters. The van der Waals surface area contributed by atoms with Crippen molar-refractivity contribution in [1.29, 1.82) is 0 Å². The first-order chi connectivity index (χ1) is 17.1. The predicted molar refractivity (Wildman–Crippen MR) is 135 cm³/mol. The molecule has 0 spiro atoms. The summed E-state index contributed by atoms with van der Waals surface area (Å²) in [5.74, 6) is 0.346. The highest BCUT2D eigenvalue weighted by Gasteiger charge is 2.40. The lowest BCUT2D eigenvalue weighted by molar-refractivity contribution is 0.0805. The number of nitrogens with zero attached hydrogens (tertiary/aromatic N) is 4. The highest BCUT2D eigenvalue weighted by molar-refractivity contribution is 5.73. The molecule has 0 unspecified atom stereocenters. The van der Waals surface area contributed by atoms with E-state index in [2.05, 4.69) is 46.7 Å². The Hall–Kier alpha value is -4.23. The van der Waals surface area contributed by atoms with Crippen LogP contribution in [-0.2, 0) is 5.54 Å². The summed E-state index contributed by atoms with van der Waals surface area (Å²) in [5.41, 5.74) is 2.50. The zero-order valence-corrected chi connectivity index (χ0v) is 19.2. The van der Waals surface area contributed by atoms with Gasteiger partial charge in [0.2, 0.25) is 5.95 Å². The van der Waals surface area contributed by atoms with Crippen molar-refractivity contribution in [2.75, 3.05) is 5.32 Å². The summed E-state index contributed by atoms with van der Waals surface area (Å²) >= 11 is 0. The highest BCUT2D eigenvalue weighted by Crippen LogP contribution is 2.42. The molecule has 3 aromatic carbocycles.